The Morgan fingerprint density at radius 1 is 1.29 bits per heavy atom. The normalized spacial score (nSPS) is 26.1. The highest BCUT2D eigenvalue weighted by Crippen LogP contribution is 2.30. The molecule has 1 fully saturated rings. The zero-order valence-corrected chi connectivity index (χ0v) is 10.6. The third-order valence-corrected chi connectivity index (χ3v) is 4.40. The first kappa shape index (κ1) is 11.2. The van der Waals surface area contributed by atoms with Gasteiger partial charge in [-0.15, -0.1) is 0 Å². The van der Waals surface area contributed by atoms with E-state index in [-0.39, 0.29) is 0 Å². The van der Waals surface area contributed by atoms with Gasteiger partial charge in [-0.1, -0.05) is 24.3 Å². The monoisotopic (exact) mass is 230 g/mol. The van der Waals surface area contributed by atoms with Crippen LogP contribution in [-0.2, 0) is 13.0 Å². The SMILES string of the molecule is CC1(NCC2Cc3ccccc3CN2)CCC1. The lowest BCUT2D eigenvalue weighted by atomic mass is 9.78. The summed E-state index contributed by atoms with van der Waals surface area (Å²) in [4.78, 5) is 0. The second kappa shape index (κ2) is 4.43. The number of fused-ring (bicyclic) bond motifs is 1. The second-order valence-corrected chi connectivity index (χ2v) is 5.85. The third kappa shape index (κ3) is 2.38. The Bertz CT molecular complexity index is 396. The second-order valence-electron chi connectivity index (χ2n) is 5.85. The molecule has 1 saturated carbocycles. The molecule has 0 saturated heterocycles. The fourth-order valence-corrected chi connectivity index (χ4v) is 2.92. The summed E-state index contributed by atoms with van der Waals surface area (Å²) in [5.41, 5.74) is 3.42. The van der Waals surface area contributed by atoms with Gasteiger partial charge in [0.15, 0.2) is 0 Å². The van der Waals surface area contributed by atoms with E-state index in [1.807, 2.05) is 0 Å². The van der Waals surface area contributed by atoms with Crippen LogP contribution in [0.15, 0.2) is 24.3 Å². The van der Waals surface area contributed by atoms with Gasteiger partial charge in [0.25, 0.3) is 0 Å². The van der Waals surface area contributed by atoms with E-state index in [0.717, 1.165) is 13.1 Å². The summed E-state index contributed by atoms with van der Waals surface area (Å²) in [6.07, 6.45) is 5.25. The largest absolute Gasteiger partial charge is 0.310 e. The lowest BCUT2D eigenvalue weighted by Gasteiger charge is -2.41. The minimum absolute atomic E-state index is 0.429. The van der Waals surface area contributed by atoms with E-state index in [1.165, 1.54) is 36.8 Å². The van der Waals surface area contributed by atoms with Crippen molar-refractivity contribution in [2.24, 2.45) is 0 Å². The lowest BCUT2D eigenvalue weighted by Crippen LogP contribution is -2.53. The summed E-state index contributed by atoms with van der Waals surface area (Å²) in [5, 5.41) is 7.37. The molecular formula is C15H22N2. The summed E-state index contributed by atoms with van der Waals surface area (Å²) in [5.74, 6) is 0. The van der Waals surface area contributed by atoms with Crippen LogP contribution >= 0.6 is 0 Å². The Hall–Kier alpha value is -0.860. The lowest BCUT2D eigenvalue weighted by molar-refractivity contribution is 0.200. The fourth-order valence-electron chi connectivity index (χ4n) is 2.92. The highest BCUT2D eigenvalue weighted by Gasteiger charge is 2.31. The molecule has 2 heteroatoms. The first-order chi connectivity index (χ1) is 8.25. The molecular weight excluding hydrogens is 208 g/mol. The van der Waals surface area contributed by atoms with Crippen LogP contribution < -0.4 is 10.6 Å². The standard InChI is InChI=1S/C15H22N2/c1-15(7-4-8-15)17-11-14-9-12-5-2-3-6-13(12)10-16-14/h2-3,5-6,14,16-17H,4,7-11H2,1H3. The van der Waals surface area contributed by atoms with Crippen molar-refractivity contribution in [1.82, 2.24) is 10.6 Å². The molecule has 1 atom stereocenters. The number of hydrogen-bond donors (Lipinski definition) is 2. The van der Waals surface area contributed by atoms with Gasteiger partial charge in [0.05, 0.1) is 0 Å². The Labute approximate surface area is 104 Å². The number of rotatable bonds is 3. The van der Waals surface area contributed by atoms with E-state index in [9.17, 15) is 0 Å². The summed E-state index contributed by atoms with van der Waals surface area (Å²) < 4.78 is 0. The van der Waals surface area contributed by atoms with E-state index in [0.29, 0.717) is 11.6 Å². The quantitative estimate of drug-likeness (QED) is 0.832. The van der Waals surface area contributed by atoms with E-state index < -0.39 is 0 Å². The Kier molecular flexibility index (Phi) is 2.93. The van der Waals surface area contributed by atoms with Crippen molar-refractivity contribution in [3.8, 4) is 0 Å². The van der Waals surface area contributed by atoms with Gasteiger partial charge in [-0.2, -0.15) is 0 Å². The minimum Gasteiger partial charge on any atom is -0.310 e. The summed E-state index contributed by atoms with van der Waals surface area (Å²) >= 11 is 0. The number of nitrogens with one attached hydrogen (secondary N) is 2. The van der Waals surface area contributed by atoms with Gasteiger partial charge >= 0.3 is 0 Å². The van der Waals surface area contributed by atoms with Crippen LogP contribution in [0.25, 0.3) is 0 Å². The first-order valence-electron chi connectivity index (χ1n) is 6.80. The summed E-state index contributed by atoms with van der Waals surface area (Å²) in [6, 6.07) is 9.39. The van der Waals surface area contributed by atoms with E-state index in [2.05, 4.69) is 41.8 Å². The van der Waals surface area contributed by atoms with E-state index in [4.69, 9.17) is 0 Å². The molecule has 0 spiro atoms. The van der Waals surface area contributed by atoms with Gasteiger partial charge in [0.2, 0.25) is 0 Å². The van der Waals surface area contributed by atoms with Crippen molar-refractivity contribution in [2.45, 2.75) is 50.7 Å². The van der Waals surface area contributed by atoms with Crippen LogP contribution in [0.2, 0.25) is 0 Å². The molecule has 3 rings (SSSR count). The van der Waals surface area contributed by atoms with Crippen molar-refractivity contribution in [1.29, 1.82) is 0 Å². The van der Waals surface area contributed by atoms with Crippen molar-refractivity contribution in [3.05, 3.63) is 35.4 Å². The van der Waals surface area contributed by atoms with Crippen molar-refractivity contribution < 1.29 is 0 Å². The average molecular weight is 230 g/mol. The molecule has 1 aromatic carbocycles. The van der Waals surface area contributed by atoms with Crippen LogP contribution in [0.5, 0.6) is 0 Å². The predicted octanol–water partition coefficient (Wildman–Crippen LogP) is 2.23. The molecule has 92 valence electrons. The van der Waals surface area contributed by atoms with Gasteiger partial charge < -0.3 is 10.6 Å². The summed E-state index contributed by atoms with van der Waals surface area (Å²) in [7, 11) is 0. The molecule has 2 aliphatic rings. The first-order valence-corrected chi connectivity index (χ1v) is 6.80. The smallest absolute Gasteiger partial charge is 0.0236 e. The topological polar surface area (TPSA) is 24.1 Å². The Morgan fingerprint density at radius 2 is 2.06 bits per heavy atom. The van der Waals surface area contributed by atoms with Gasteiger partial charge in [0, 0.05) is 24.7 Å². The molecule has 1 unspecified atom stereocenters. The number of benzene rings is 1. The van der Waals surface area contributed by atoms with Gasteiger partial charge in [-0.3, -0.25) is 0 Å². The molecule has 0 amide bonds. The van der Waals surface area contributed by atoms with Crippen LogP contribution in [-0.4, -0.2) is 18.1 Å². The molecule has 1 aromatic rings. The van der Waals surface area contributed by atoms with Gasteiger partial charge in [-0.25, -0.2) is 0 Å². The van der Waals surface area contributed by atoms with Crippen LogP contribution in [0, 0.1) is 0 Å². The molecule has 0 radical (unpaired) electrons. The molecule has 2 N–H and O–H groups in total. The molecule has 0 aromatic heterocycles. The number of hydrogen-bond acceptors (Lipinski definition) is 2. The minimum atomic E-state index is 0.429. The maximum Gasteiger partial charge on any atom is 0.0236 e. The average Bonchev–Trinajstić information content (AvgIpc) is 2.34. The highest BCUT2D eigenvalue weighted by atomic mass is 15.0. The molecule has 17 heavy (non-hydrogen) atoms. The highest BCUT2D eigenvalue weighted by molar-refractivity contribution is 5.30. The maximum absolute atomic E-state index is 3.73. The molecule has 1 heterocycles. The maximum atomic E-state index is 3.73. The van der Waals surface area contributed by atoms with Gasteiger partial charge in [0.1, 0.15) is 0 Å². The van der Waals surface area contributed by atoms with Crippen LogP contribution in [0.1, 0.15) is 37.3 Å². The van der Waals surface area contributed by atoms with Crippen LogP contribution in [0.3, 0.4) is 0 Å². The van der Waals surface area contributed by atoms with Crippen LogP contribution in [0.4, 0.5) is 0 Å². The zero-order chi connectivity index (χ0) is 11.7. The van der Waals surface area contributed by atoms with E-state index >= 15 is 0 Å². The van der Waals surface area contributed by atoms with Crippen molar-refractivity contribution in [3.63, 3.8) is 0 Å². The predicted molar refractivity (Wildman–Crippen MR) is 71.0 cm³/mol. The Morgan fingerprint density at radius 3 is 2.76 bits per heavy atom. The van der Waals surface area contributed by atoms with E-state index in [1.54, 1.807) is 0 Å². The fraction of sp³-hybridized carbons (Fsp3) is 0.600. The van der Waals surface area contributed by atoms with Crippen molar-refractivity contribution in [2.75, 3.05) is 6.54 Å². The summed E-state index contributed by atoms with van der Waals surface area (Å²) in [6.45, 7) is 4.48. The molecule has 0 bridgehead atoms. The molecule has 1 aliphatic carbocycles. The van der Waals surface area contributed by atoms with Gasteiger partial charge in [-0.05, 0) is 43.7 Å². The Balaban J connectivity index is 1.57. The molecule has 1 aliphatic heterocycles. The third-order valence-electron chi connectivity index (χ3n) is 4.40. The zero-order valence-electron chi connectivity index (χ0n) is 10.6. The molecule has 2 nitrogen and oxygen atoms in total. The van der Waals surface area contributed by atoms with Crippen molar-refractivity contribution >= 4 is 0 Å².